The van der Waals surface area contributed by atoms with Crippen molar-refractivity contribution in [2.45, 2.75) is 13.3 Å². The molecule has 100 valence electrons. The maximum atomic E-state index is 12.2. The molecule has 1 amide bonds. The molecule has 0 aliphatic carbocycles. The first-order chi connectivity index (χ1) is 8.58. The van der Waals surface area contributed by atoms with Crippen molar-refractivity contribution in [3.63, 3.8) is 0 Å². The lowest BCUT2D eigenvalue weighted by atomic mass is 10.2. The van der Waals surface area contributed by atoms with Crippen molar-refractivity contribution in [2.24, 2.45) is 0 Å². The number of carbonyl (C=O) groups excluding carboxylic acids is 1. The van der Waals surface area contributed by atoms with Gasteiger partial charge in [0.15, 0.2) is 0 Å². The van der Waals surface area contributed by atoms with Crippen LogP contribution in [0.15, 0.2) is 12.1 Å². The van der Waals surface area contributed by atoms with E-state index in [2.05, 4.69) is 10.3 Å². The Balaban J connectivity index is 2.73. The lowest BCUT2D eigenvalue weighted by Gasteiger charge is -2.17. The molecule has 1 N–H and O–H groups in total. The predicted molar refractivity (Wildman–Crippen MR) is 72.0 cm³/mol. The van der Waals surface area contributed by atoms with Crippen molar-refractivity contribution in [3.05, 3.63) is 23.4 Å². The van der Waals surface area contributed by atoms with E-state index in [-0.39, 0.29) is 5.91 Å². The molecule has 0 aliphatic rings. The van der Waals surface area contributed by atoms with Gasteiger partial charge < -0.3 is 15.0 Å². The molecule has 0 unspecified atom stereocenters. The van der Waals surface area contributed by atoms with Crippen LogP contribution in [0.2, 0.25) is 0 Å². The summed E-state index contributed by atoms with van der Waals surface area (Å²) in [7, 11) is 5.25. The van der Waals surface area contributed by atoms with Crippen molar-refractivity contribution in [1.29, 1.82) is 0 Å². The van der Waals surface area contributed by atoms with E-state index in [4.69, 9.17) is 4.74 Å². The van der Waals surface area contributed by atoms with Gasteiger partial charge in [0.1, 0.15) is 5.82 Å². The molecule has 0 bridgehead atoms. The number of pyridine rings is 1. The summed E-state index contributed by atoms with van der Waals surface area (Å²) in [5.41, 5.74) is 1.49. The third-order valence-electron chi connectivity index (χ3n) is 2.65. The third kappa shape index (κ3) is 4.00. The van der Waals surface area contributed by atoms with E-state index < -0.39 is 0 Å². The molecular weight excluding hydrogens is 230 g/mol. The first kappa shape index (κ1) is 14.4. The Kier molecular flexibility index (Phi) is 5.58. The Labute approximate surface area is 108 Å². The highest BCUT2D eigenvalue weighted by Crippen LogP contribution is 2.11. The molecule has 1 rings (SSSR count). The fourth-order valence-corrected chi connectivity index (χ4v) is 1.69. The summed E-state index contributed by atoms with van der Waals surface area (Å²) >= 11 is 0. The number of ether oxygens (including phenoxy) is 1. The lowest BCUT2D eigenvalue weighted by molar-refractivity contribution is 0.0779. The molecule has 0 radical (unpaired) electrons. The Hall–Kier alpha value is -1.62. The molecule has 1 aromatic rings. The van der Waals surface area contributed by atoms with Crippen LogP contribution < -0.4 is 5.32 Å². The van der Waals surface area contributed by atoms with Crippen LogP contribution in [-0.4, -0.2) is 50.1 Å². The van der Waals surface area contributed by atoms with Gasteiger partial charge in [-0.3, -0.25) is 4.79 Å². The van der Waals surface area contributed by atoms with Gasteiger partial charge in [-0.25, -0.2) is 4.98 Å². The van der Waals surface area contributed by atoms with Gasteiger partial charge in [0.2, 0.25) is 0 Å². The van der Waals surface area contributed by atoms with Gasteiger partial charge in [-0.15, -0.1) is 0 Å². The van der Waals surface area contributed by atoms with Crippen molar-refractivity contribution >= 4 is 11.7 Å². The summed E-state index contributed by atoms with van der Waals surface area (Å²) in [4.78, 5) is 18.2. The van der Waals surface area contributed by atoms with Crippen LogP contribution in [0.3, 0.4) is 0 Å². The summed E-state index contributed by atoms with van der Waals surface area (Å²) in [6.07, 6.45) is 0.835. The summed E-state index contributed by atoms with van der Waals surface area (Å²) in [6.45, 7) is 3.22. The van der Waals surface area contributed by atoms with Gasteiger partial charge in [-0.1, -0.05) is 0 Å². The Morgan fingerprint density at radius 1 is 1.50 bits per heavy atom. The van der Waals surface area contributed by atoms with Crippen LogP contribution in [0.1, 0.15) is 22.5 Å². The molecule has 5 heteroatoms. The average molecular weight is 251 g/mol. The molecule has 5 nitrogen and oxygen atoms in total. The number of hydrogen-bond donors (Lipinski definition) is 1. The highest BCUT2D eigenvalue weighted by atomic mass is 16.5. The second-order valence-electron chi connectivity index (χ2n) is 4.21. The van der Waals surface area contributed by atoms with Crippen molar-refractivity contribution in [1.82, 2.24) is 9.88 Å². The Bertz CT molecular complexity index is 407. The molecule has 0 atom stereocenters. The van der Waals surface area contributed by atoms with Crippen LogP contribution in [0.5, 0.6) is 0 Å². The van der Waals surface area contributed by atoms with Crippen molar-refractivity contribution in [2.75, 3.05) is 39.7 Å². The number of nitrogens with one attached hydrogen (secondary N) is 1. The van der Waals surface area contributed by atoms with Gasteiger partial charge in [-0.2, -0.15) is 0 Å². The lowest BCUT2D eigenvalue weighted by Crippen LogP contribution is -2.28. The molecule has 1 aromatic heterocycles. The number of aryl methyl sites for hydroxylation is 1. The van der Waals surface area contributed by atoms with Gasteiger partial charge >= 0.3 is 0 Å². The van der Waals surface area contributed by atoms with Gasteiger partial charge in [0, 0.05) is 45.6 Å². The van der Waals surface area contributed by atoms with E-state index >= 15 is 0 Å². The number of carbonyl (C=O) groups is 1. The minimum atomic E-state index is 0.00750. The average Bonchev–Trinajstić information content (AvgIpc) is 2.37. The van der Waals surface area contributed by atoms with Gasteiger partial charge in [-0.05, 0) is 25.5 Å². The van der Waals surface area contributed by atoms with E-state index in [1.807, 2.05) is 6.92 Å². The summed E-state index contributed by atoms with van der Waals surface area (Å²) in [5.74, 6) is 0.719. The Morgan fingerprint density at radius 3 is 2.83 bits per heavy atom. The topological polar surface area (TPSA) is 54.5 Å². The third-order valence-corrected chi connectivity index (χ3v) is 2.65. The maximum absolute atomic E-state index is 12.2. The van der Waals surface area contributed by atoms with Crippen molar-refractivity contribution in [3.8, 4) is 0 Å². The zero-order valence-corrected chi connectivity index (χ0v) is 11.5. The van der Waals surface area contributed by atoms with Crippen LogP contribution in [0.25, 0.3) is 0 Å². The second-order valence-corrected chi connectivity index (χ2v) is 4.21. The fourth-order valence-electron chi connectivity index (χ4n) is 1.69. The number of hydrogen-bond acceptors (Lipinski definition) is 4. The number of amides is 1. The fraction of sp³-hybridized carbons (Fsp3) is 0.538. The van der Waals surface area contributed by atoms with Crippen molar-refractivity contribution < 1.29 is 9.53 Å². The standard InChI is InChI=1S/C13H21N3O2/c1-10-8-11(9-12(14-2)15-10)13(17)16(3)6-5-7-18-4/h8-9H,5-7H2,1-4H3,(H,14,15). The van der Waals surface area contributed by atoms with E-state index in [0.717, 1.165) is 12.1 Å². The molecule has 18 heavy (non-hydrogen) atoms. The predicted octanol–water partition coefficient (Wildman–Crippen LogP) is 1.54. The SMILES string of the molecule is CNc1cc(C(=O)N(C)CCCOC)cc(C)n1. The van der Waals surface area contributed by atoms with Gasteiger partial charge in [0.25, 0.3) is 5.91 Å². The number of rotatable bonds is 6. The van der Waals surface area contributed by atoms with Crippen LogP contribution >= 0.6 is 0 Å². The van der Waals surface area contributed by atoms with E-state index in [0.29, 0.717) is 24.5 Å². The molecule has 0 aromatic carbocycles. The molecule has 0 fully saturated rings. The highest BCUT2D eigenvalue weighted by molar-refractivity contribution is 5.94. The van der Waals surface area contributed by atoms with E-state index in [1.54, 1.807) is 38.2 Å². The Morgan fingerprint density at radius 2 is 2.22 bits per heavy atom. The first-order valence-corrected chi connectivity index (χ1v) is 5.99. The van der Waals surface area contributed by atoms with Crippen LogP contribution in [0.4, 0.5) is 5.82 Å². The quantitative estimate of drug-likeness (QED) is 0.779. The monoisotopic (exact) mass is 251 g/mol. The largest absolute Gasteiger partial charge is 0.385 e. The normalized spacial score (nSPS) is 10.2. The molecule has 0 aliphatic heterocycles. The molecule has 0 saturated heterocycles. The zero-order chi connectivity index (χ0) is 13.5. The van der Waals surface area contributed by atoms with Gasteiger partial charge in [0.05, 0.1) is 0 Å². The zero-order valence-electron chi connectivity index (χ0n) is 11.5. The van der Waals surface area contributed by atoms with E-state index in [9.17, 15) is 4.79 Å². The maximum Gasteiger partial charge on any atom is 0.253 e. The number of aromatic nitrogens is 1. The van der Waals surface area contributed by atoms with Crippen LogP contribution in [-0.2, 0) is 4.74 Å². The number of anilines is 1. The molecular formula is C13H21N3O2. The van der Waals surface area contributed by atoms with E-state index in [1.165, 1.54) is 0 Å². The minimum Gasteiger partial charge on any atom is -0.385 e. The summed E-state index contributed by atoms with van der Waals surface area (Å²) in [6, 6.07) is 3.57. The highest BCUT2D eigenvalue weighted by Gasteiger charge is 2.12. The number of nitrogens with zero attached hydrogens (tertiary/aromatic N) is 2. The molecule has 1 heterocycles. The number of methoxy groups -OCH3 is 1. The second kappa shape index (κ2) is 6.96. The molecule has 0 saturated carbocycles. The smallest absolute Gasteiger partial charge is 0.253 e. The minimum absolute atomic E-state index is 0.00750. The van der Waals surface area contributed by atoms with Crippen LogP contribution in [0, 0.1) is 6.92 Å². The summed E-state index contributed by atoms with van der Waals surface area (Å²) < 4.78 is 4.98. The first-order valence-electron chi connectivity index (χ1n) is 5.99. The summed E-state index contributed by atoms with van der Waals surface area (Å²) in [5, 5.41) is 2.95. The molecule has 0 spiro atoms.